The number of amides is 1. The van der Waals surface area contributed by atoms with Gasteiger partial charge in [0, 0.05) is 25.0 Å². The zero-order valence-electron chi connectivity index (χ0n) is 8.69. The number of hydrogen-bond acceptors (Lipinski definition) is 2. The minimum Gasteiger partial charge on any atom is -0.355 e. The summed E-state index contributed by atoms with van der Waals surface area (Å²) in [5, 5.41) is 6.13. The Morgan fingerprint density at radius 1 is 1.42 bits per heavy atom. The Kier molecular flexibility index (Phi) is 4.24. The van der Waals surface area contributed by atoms with Crippen LogP contribution in [0, 0.1) is 0 Å². The van der Waals surface area contributed by atoms with Crippen LogP contribution in [0.2, 0.25) is 0 Å². The molecule has 3 heteroatoms. The predicted molar refractivity (Wildman–Crippen MR) is 51.0 cm³/mol. The van der Waals surface area contributed by atoms with Gasteiger partial charge in [0.2, 0.25) is 5.91 Å². The number of rotatable bonds is 3. The molecule has 0 saturated carbocycles. The van der Waals surface area contributed by atoms with Crippen LogP contribution >= 0.6 is 0 Å². The second-order valence-electron chi connectivity index (χ2n) is 4.23. The first-order valence-corrected chi connectivity index (χ1v) is 4.33. The Morgan fingerprint density at radius 3 is 2.25 bits per heavy atom. The minimum atomic E-state index is 0.0255. The van der Waals surface area contributed by atoms with Crippen molar-refractivity contribution in [1.29, 1.82) is 0 Å². The van der Waals surface area contributed by atoms with Crippen molar-refractivity contribution in [1.82, 2.24) is 10.6 Å². The smallest absolute Gasteiger partial charge is 0.216 e. The van der Waals surface area contributed by atoms with Gasteiger partial charge in [-0.2, -0.15) is 0 Å². The van der Waals surface area contributed by atoms with Crippen molar-refractivity contribution >= 4 is 5.91 Å². The van der Waals surface area contributed by atoms with Gasteiger partial charge >= 0.3 is 0 Å². The van der Waals surface area contributed by atoms with Crippen LogP contribution in [0.1, 0.15) is 34.6 Å². The maximum atomic E-state index is 10.6. The summed E-state index contributed by atoms with van der Waals surface area (Å²) in [6, 6.07) is 0.314. The van der Waals surface area contributed by atoms with E-state index in [9.17, 15) is 4.79 Å². The third-order valence-corrected chi connectivity index (χ3v) is 1.34. The molecule has 0 spiro atoms. The summed E-state index contributed by atoms with van der Waals surface area (Å²) in [5.41, 5.74) is 0.109. The summed E-state index contributed by atoms with van der Waals surface area (Å²) in [4.78, 5) is 10.6. The lowest BCUT2D eigenvalue weighted by atomic mass is 10.1. The fourth-order valence-electron chi connectivity index (χ4n) is 1.09. The molecular formula is C9H20N2O. The molecule has 0 aliphatic rings. The van der Waals surface area contributed by atoms with E-state index >= 15 is 0 Å². The quantitative estimate of drug-likeness (QED) is 0.664. The summed E-state index contributed by atoms with van der Waals surface area (Å²) in [6.07, 6.45) is 0. The second kappa shape index (κ2) is 4.45. The molecule has 1 atom stereocenters. The lowest BCUT2D eigenvalue weighted by Gasteiger charge is -2.26. The molecule has 0 rings (SSSR count). The van der Waals surface area contributed by atoms with Crippen LogP contribution in [0.15, 0.2) is 0 Å². The van der Waals surface area contributed by atoms with Crippen LogP contribution in [-0.2, 0) is 4.79 Å². The Labute approximate surface area is 74.9 Å². The van der Waals surface area contributed by atoms with Gasteiger partial charge in [0.05, 0.1) is 0 Å². The van der Waals surface area contributed by atoms with Crippen molar-refractivity contribution < 1.29 is 4.79 Å². The maximum Gasteiger partial charge on any atom is 0.216 e. The summed E-state index contributed by atoms with van der Waals surface area (Å²) in [6.45, 7) is 10.6. The lowest BCUT2D eigenvalue weighted by molar-refractivity contribution is -0.119. The minimum absolute atomic E-state index is 0.0255. The van der Waals surface area contributed by atoms with E-state index in [1.54, 1.807) is 0 Å². The van der Waals surface area contributed by atoms with Crippen LogP contribution in [0.5, 0.6) is 0 Å². The highest BCUT2D eigenvalue weighted by Crippen LogP contribution is 1.99. The molecule has 3 nitrogen and oxygen atoms in total. The van der Waals surface area contributed by atoms with Crippen molar-refractivity contribution in [2.45, 2.75) is 46.2 Å². The van der Waals surface area contributed by atoms with E-state index < -0.39 is 0 Å². The monoisotopic (exact) mass is 172 g/mol. The zero-order chi connectivity index (χ0) is 9.78. The molecule has 1 unspecified atom stereocenters. The molecule has 0 aliphatic heterocycles. The molecule has 0 saturated heterocycles. The van der Waals surface area contributed by atoms with E-state index in [1.807, 2.05) is 0 Å². The van der Waals surface area contributed by atoms with Gasteiger partial charge in [-0.05, 0) is 27.7 Å². The molecule has 0 radical (unpaired) electrons. The average Bonchev–Trinajstić information content (AvgIpc) is 1.79. The van der Waals surface area contributed by atoms with Gasteiger partial charge in [-0.1, -0.05) is 0 Å². The number of nitrogens with one attached hydrogen (secondary N) is 2. The molecule has 0 aromatic rings. The summed E-state index contributed by atoms with van der Waals surface area (Å²) in [5.74, 6) is 0.0255. The third kappa shape index (κ3) is 7.54. The maximum absolute atomic E-state index is 10.6. The van der Waals surface area contributed by atoms with E-state index in [-0.39, 0.29) is 11.4 Å². The van der Waals surface area contributed by atoms with Crippen molar-refractivity contribution in [3.63, 3.8) is 0 Å². The fourth-order valence-corrected chi connectivity index (χ4v) is 1.09. The summed E-state index contributed by atoms with van der Waals surface area (Å²) >= 11 is 0. The van der Waals surface area contributed by atoms with Gasteiger partial charge in [-0.3, -0.25) is 4.79 Å². The molecule has 12 heavy (non-hydrogen) atoms. The highest BCUT2D eigenvalue weighted by Gasteiger charge is 2.12. The third-order valence-electron chi connectivity index (χ3n) is 1.34. The van der Waals surface area contributed by atoms with Crippen LogP contribution in [0.3, 0.4) is 0 Å². The molecule has 0 heterocycles. The SMILES string of the molecule is CC(=O)NCC(C)NC(C)(C)C. The van der Waals surface area contributed by atoms with Crippen molar-refractivity contribution in [2.75, 3.05) is 6.54 Å². The van der Waals surface area contributed by atoms with Gasteiger partial charge < -0.3 is 10.6 Å². The molecule has 2 N–H and O–H groups in total. The van der Waals surface area contributed by atoms with E-state index in [4.69, 9.17) is 0 Å². The van der Waals surface area contributed by atoms with E-state index in [0.29, 0.717) is 12.6 Å². The van der Waals surface area contributed by atoms with Gasteiger partial charge in [0.1, 0.15) is 0 Å². The number of hydrogen-bond donors (Lipinski definition) is 2. The van der Waals surface area contributed by atoms with Crippen LogP contribution < -0.4 is 10.6 Å². The molecule has 0 aliphatic carbocycles. The van der Waals surface area contributed by atoms with E-state index in [2.05, 4.69) is 38.3 Å². The van der Waals surface area contributed by atoms with Crippen LogP contribution in [0.4, 0.5) is 0 Å². The molecule has 0 fully saturated rings. The van der Waals surface area contributed by atoms with Crippen LogP contribution in [-0.4, -0.2) is 24.0 Å². The van der Waals surface area contributed by atoms with E-state index in [0.717, 1.165) is 0 Å². The predicted octanol–water partition coefficient (Wildman–Crippen LogP) is 0.899. The lowest BCUT2D eigenvalue weighted by Crippen LogP contribution is -2.47. The highest BCUT2D eigenvalue weighted by atomic mass is 16.1. The fraction of sp³-hybridized carbons (Fsp3) is 0.889. The standard InChI is InChI=1S/C9H20N2O/c1-7(6-10-8(2)12)11-9(3,4)5/h7,11H,6H2,1-5H3,(H,10,12). The molecule has 0 bridgehead atoms. The average molecular weight is 172 g/mol. The molecular weight excluding hydrogens is 152 g/mol. The van der Waals surface area contributed by atoms with Crippen molar-refractivity contribution in [2.24, 2.45) is 0 Å². The molecule has 72 valence electrons. The molecule has 0 aromatic carbocycles. The second-order valence-corrected chi connectivity index (χ2v) is 4.23. The van der Waals surface area contributed by atoms with Gasteiger partial charge in [0.25, 0.3) is 0 Å². The molecule has 0 aromatic heterocycles. The van der Waals surface area contributed by atoms with Crippen LogP contribution in [0.25, 0.3) is 0 Å². The highest BCUT2D eigenvalue weighted by molar-refractivity contribution is 5.72. The number of carbonyl (C=O) groups is 1. The first kappa shape index (κ1) is 11.4. The number of carbonyl (C=O) groups excluding carboxylic acids is 1. The Bertz CT molecular complexity index is 149. The first-order chi connectivity index (χ1) is 5.31. The Balaban J connectivity index is 3.60. The topological polar surface area (TPSA) is 41.1 Å². The van der Waals surface area contributed by atoms with E-state index in [1.165, 1.54) is 6.92 Å². The van der Waals surface area contributed by atoms with Crippen molar-refractivity contribution in [3.05, 3.63) is 0 Å². The zero-order valence-corrected chi connectivity index (χ0v) is 8.69. The van der Waals surface area contributed by atoms with Gasteiger partial charge in [-0.25, -0.2) is 0 Å². The largest absolute Gasteiger partial charge is 0.355 e. The van der Waals surface area contributed by atoms with Gasteiger partial charge in [0.15, 0.2) is 0 Å². The Morgan fingerprint density at radius 2 is 1.92 bits per heavy atom. The summed E-state index contributed by atoms with van der Waals surface area (Å²) < 4.78 is 0. The summed E-state index contributed by atoms with van der Waals surface area (Å²) in [7, 11) is 0. The Hall–Kier alpha value is -0.570. The van der Waals surface area contributed by atoms with Crippen molar-refractivity contribution in [3.8, 4) is 0 Å². The molecule has 1 amide bonds. The normalized spacial score (nSPS) is 14.1. The first-order valence-electron chi connectivity index (χ1n) is 4.33. The van der Waals surface area contributed by atoms with Gasteiger partial charge in [-0.15, -0.1) is 0 Å².